The highest BCUT2D eigenvalue weighted by Crippen LogP contribution is 2.07. The van der Waals surface area contributed by atoms with Crippen LogP contribution < -0.4 is 11.1 Å². The van der Waals surface area contributed by atoms with Gasteiger partial charge in [0.15, 0.2) is 5.78 Å². The van der Waals surface area contributed by atoms with E-state index in [1.807, 2.05) is 0 Å². The Hall–Kier alpha value is -1.62. The Morgan fingerprint density at radius 1 is 1.53 bits per heavy atom. The number of carbonyl (C=O) groups is 2. The first kappa shape index (κ1) is 11.5. The van der Waals surface area contributed by atoms with Crippen LogP contribution in [0, 0.1) is 0 Å². The molecule has 0 unspecified atom stereocenters. The normalized spacial score (nSPS) is 10.1. The molecule has 0 bridgehead atoms. The topological polar surface area (TPSA) is 77.1 Å². The fraction of sp³-hybridized carbons (Fsp3) is 0.400. The zero-order valence-corrected chi connectivity index (χ0v) is 8.91. The third kappa shape index (κ3) is 2.66. The van der Waals surface area contributed by atoms with Crippen molar-refractivity contribution in [1.82, 2.24) is 9.88 Å². The van der Waals surface area contributed by atoms with Crippen LogP contribution in [0.25, 0.3) is 0 Å². The summed E-state index contributed by atoms with van der Waals surface area (Å²) >= 11 is 0. The Bertz CT molecular complexity index is 382. The predicted molar refractivity (Wildman–Crippen MR) is 56.8 cm³/mol. The zero-order chi connectivity index (χ0) is 11.4. The molecule has 1 rings (SSSR count). The van der Waals surface area contributed by atoms with Gasteiger partial charge in [0.25, 0.3) is 5.91 Å². The van der Waals surface area contributed by atoms with Crippen molar-refractivity contribution >= 4 is 11.7 Å². The second-order valence-corrected chi connectivity index (χ2v) is 3.33. The van der Waals surface area contributed by atoms with Gasteiger partial charge >= 0.3 is 0 Å². The summed E-state index contributed by atoms with van der Waals surface area (Å²) < 4.78 is 1.63. The quantitative estimate of drug-likeness (QED) is 0.681. The number of ketones is 1. The number of nitrogens with two attached hydrogens (primary N) is 1. The Morgan fingerprint density at radius 3 is 2.67 bits per heavy atom. The summed E-state index contributed by atoms with van der Waals surface area (Å²) in [6.07, 6.45) is 1.64. The first-order valence-electron chi connectivity index (χ1n) is 4.72. The highest BCUT2D eigenvalue weighted by molar-refractivity contribution is 5.99. The van der Waals surface area contributed by atoms with Crippen LogP contribution in [-0.4, -0.2) is 29.3 Å². The Labute approximate surface area is 88.3 Å². The van der Waals surface area contributed by atoms with E-state index < -0.39 is 0 Å². The monoisotopic (exact) mass is 209 g/mol. The number of rotatable bonds is 4. The fourth-order valence-corrected chi connectivity index (χ4v) is 1.26. The molecule has 0 aliphatic heterocycles. The second kappa shape index (κ2) is 4.75. The smallest absolute Gasteiger partial charge is 0.267 e. The molecular weight excluding hydrogens is 194 g/mol. The molecule has 0 saturated heterocycles. The number of hydrogen-bond acceptors (Lipinski definition) is 3. The van der Waals surface area contributed by atoms with E-state index in [0.29, 0.717) is 24.3 Å². The summed E-state index contributed by atoms with van der Waals surface area (Å²) in [4.78, 5) is 22.6. The SMILES string of the molecule is CC(=O)c1cc(C(=O)NCCN)n(C)c1. The van der Waals surface area contributed by atoms with Gasteiger partial charge in [0.2, 0.25) is 0 Å². The van der Waals surface area contributed by atoms with E-state index >= 15 is 0 Å². The summed E-state index contributed by atoms with van der Waals surface area (Å²) in [5.74, 6) is -0.265. The molecule has 0 radical (unpaired) electrons. The van der Waals surface area contributed by atoms with Crippen LogP contribution in [0.5, 0.6) is 0 Å². The van der Waals surface area contributed by atoms with Crippen LogP contribution in [0.3, 0.4) is 0 Å². The molecule has 15 heavy (non-hydrogen) atoms. The summed E-state index contributed by atoms with van der Waals surface area (Å²) in [5.41, 5.74) is 6.27. The van der Waals surface area contributed by atoms with Gasteiger partial charge in [-0.25, -0.2) is 0 Å². The lowest BCUT2D eigenvalue weighted by atomic mass is 10.2. The number of nitrogens with zero attached hydrogens (tertiary/aromatic N) is 1. The van der Waals surface area contributed by atoms with Crippen molar-refractivity contribution in [3.05, 3.63) is 23.5 Å². The molecule has 3 N–H and O–H groups in total. The molecule has 5 heteroatoms. The molecule has 82 valence electrons. The molecule has 0 atom stereocenters. The van der Waals surface area contributed by atoms with Crippen LogP contribution in [0.2, 0.25) is 0 Å². The minimum Gasteiger partial charge on any atom is -0.349 e. The molecule has 0 aromatic carbocycles. The Balaban J connectivity index is 2.85. The lowest BCUT2D eigenvalue weighted by Gasteiger charge is -2.03. The standard InChI is InChI=1S/C10H15N3O2/c1-7(14)8-5-9(13(2)6-8)10(15)12-4-3-11/h5-6H,3-4,11H2,1-2H3,(H,12,15). The highest BCUT2D eigenvalue weighted by atomic mass is 16.2. The summed E-state index contributed by atoms with van der Waals surface area (Å²) in [5, 5.41) is 2.65. The maximum atomic E-state index is 11.6. The fourth-order valence-electron chi connectivity index (χ4n) is 1.26. The van der Waals surface area contributed by atoms with Crippen molar-refractivity contribution < 1.29 is 9.59 Å². The summed E-state index contributed by atoms with van der Waals surface area (Å²) in [6.45, 7) is 2.30. The van der Waals surface area contributed by atoms with Crippen molar-refractivity contribution in [1.29, 1.82) is 0 Å². The van der Waals surface area contributed by atoms with E-state index in [-0.39, 0.29) is 11.7 Å². The first-order chi connectivity index (χ1) is 7.06. The predicted octanol–water partition coefficient (Wildman–Crippen LogP) is -0.0838. The molecule has 1 heterocycles. The summed E-state index contributed by atoms with van der Waals surface area (Å²) in [7, 11) is 1.73. The minimum atomic E-state index is -0.213. The molecular formula is C10H15N3O2. The zero-order valence-electron chi connectivity index (χ0n) is 8.91. The average Bonchev–Trinajstić information content (AvgIpc) is 2.57. The van der Waals surface area contributed by atoms with Gasteiger partial charge in [-0.1, -0.05) is 0 Å². The van der Waals surface area contributed by atoms with Crippen LogP contribution in [0.1, 0.15) is 27.8 Å². The van der Waals surface area contributed by atoms with Crippen LogP contribution in [0.4, 0.5) is 0 Å². The van der Waals surface area contributed by atoms with Gasteiger partial charge in [0.1, 0.15) is 5.69 Å². The molecule has 0 aliphatic rings. The van der Waals surface area contributed by atoms with E-state index in [9.17, 15) is 9.59 Å². The van der Waals surface area contributed by atoms with Gasteiger partial charge in [-0.3, -0.25) is 9.59 Å². The largest absolute Gasteiger partial charge is 0.349 e. The number of amides is 1. The molecule has 0 saturated carbocycles. The number of carbonyl (C=O) groups excluding carboxylic acids is 2. The maximum Gasteiger partial charge on any atom is 0.267 e. The molecule has 0 fully saturated rings. The van der Waals surface area contributed by atoms with E-state index in [4.69, 9.17) is 5.73 Å². The van der Waals surface area contributed by atoms with Crippen molar-refractivity contribution in [2.75, 3.05) is 13.1 Å². The lowest BCUT2D eigenvalue weighted by Crippen LogP contribution is -2.30. The Kier molecular flexibility index (Phi) is 3.62. The van der Waals surface area contributed by atoms with Gasteiger partial charge in [0.05, 0.1) is 0 Å². The maximum absolute atomic E-state index is 11.6. The third-order valence-electron chi connectivity index (χ3n) is 2.07. The van der Waals surface area contributed by atoms with E-state index in [0.717, 1.165) is 0 Å². The number of aromatic nitrogens is 1. The number of aryl methyl sites for hydroxylation is 1. The van der Waals surface area contributed by atoms with E-state index in [1.165, 1.54) is 6.92 Å². The van der Waals surface area contributed by atoms with Crippen molar-refractivity contribution in [3.63, 3.8) is 0 Å². The van der Waals surface area contributed by atoms with Crippen LogP contribution in [-0.2, 0) is 7.05 Å². The van der Waals surface area contributed by atoms with Crippen molar-refractivity contribution in [2.24, 2.45) is 12.8 Å². The van der Waals surface area contributed by atoms with Crippen LogP contribution >= 0.6 is 0 Å². The van der Waals surface area contributed by atoms with Gasteiger partial charge in [-0.05, 0) is 13.0 Å². The molecule has 1 aromatic heterocycles. The van der Waals surface area contributed by atoms with Gasteiger partial charge < -0.3 is 15.6 Å². The molecule has 5 nitrogen and oxygen atoms in total. The van der Waals surface area contributed by atoms with Crippen molar-refractivity contribution in [3.8, 4) is 0 Å². The third-order valence-corrected chi connectivity index (χ3v) is 2.07. The number of Topliss-reactive ketones (excluding diaryl/α,β-unsaturated/α-hetero) is 1. The molecule has 0 spiro atoms. The van der Waals surface area contributed by atoms with Gasteiger partial charge in [0, 0.05) is 31.9 Å². The number of nitrogens with one attached hydrogen (secondary N) is 1. The first-order valence-corrected chi connectivity index (χ1v) is 4.72. The van der Waals surface area contributed by atoms with Crippen molar-refractivity contribution in [2.45, 2.75) is 6.92 Å². The Morgan fingerprint density at radius 2 is 2.20 bits per heavy atom. The summed E-state index contributed by atoms with van der Waals surface area (Å²) in [6, 6.07) is 1.58. The van der Waals surface area contributed by atoms with Gasteiger partial charge in [-0.15, -0.1) is 0 Å². The second-order valence-electron chi connectivity index (χ2n) is 3.33. The minimum absolute atomic E-state index is 0.0523. The van der Waals surface area contributed by atoms with E-state index in [1.54, 1.807) is 23.9 Å². The molecule has 0 aliphatic carbocycles. The number of hydrogen-bond donors (Lipinski definition) is 2. The highest BCUT2D eigenvalue weighted by Gasteiger charge is 2.12. The molecule has 1 aromatic rings. The van der Waals surface area contributed by atoms with E-state index in [2.05, 4.69) is 5.32 Å². The lowest BCUT2D eigenvalue weighted by molar-refractivity contribution is 0.0946. The average molecular weight is 209 g/mol. The van der Waals surface area contributed by atoms with Crippen LogP contribution in [0.15, 0.2) is 12.3 Å². The van der Waals surface area contributed by atoms with Gasteiger partial charge in [-0.2, -0.15) is 0 Å². The molecule has 1 amide bonds.